The quantitative estimate of drug-likeness (QED) is 0.489. The van der Waals surface area contributed by atoms with Crippen LogP contribution >= 0.6 is 11.6 Å². The number of halogens is 1. The van der Waals surface area contributed by atoms with Gasteiger partial charge >= 0.3 is 0 Å². The number of rotatable bonds is 4. The van der Waals surface area contributed by atoms with Gasteiger partial charge in [-0.05, 0) is 18.2 Å². The molecule has 0 atom stereocenters. The molecule has 160 valence electrons. The van der Waals surface area contributed by atoms with E-state index in [1.54, 1.807) is 21.8 Å². The van der Waals surface area contributed by atoms with Crippen LogP contribution in [-0.4, -0.2) is 61.1 Å². The Labute approximate surface area is 186 Å². The molecule has 1 saturated heterocycles. The largest absolute Gasteiger partial charge is 0.344 e. The molecule has 2 amide bonds. The van der Waals surface area contributed by atoms with Crippen LogP contribution in [0.1, 0.15) is 10.4 Å². The fraction of sp³-hybridized carbons (Fsp3) is 0.238. The Hall–Kier alpha value is -3.97. The molecule has 0 bridgehead atoms. The number of carbonyl (C=O) groups is 2. The molecule has 3 aromatic heterocycles. The number of carbonyl (C=O) groups excluding carboxylic acids is 2. The molecule has 5 rings (SSSR count). The van der Waals surface area contributed by atoms with E-state index in [2.05, 4.69) is 31.4 Å². The van der Waals surface area contributed by atoms with Gasteiger partial charge in [-0.25, -0.2) is 9.97 Å². The number of hydrogen-bond donors (Lipinski definition) is 2. The molecule has 0 spiro atoms. The number of aryl methyl sites for hydroxylation is 1. The van der Waals surface area contributed by atoms with Crippen LogP contribution in [-0.2, 0) is 11.8 Å². The van der Waals surface area contributed by atoms with Gasteiger partial charge in [0.05, 0.1) is 35.8 Å². The van der Waals surface area contributed by atoms with Gasteiger partial charge in [0.25, 0.3) is 5.91 Å². The molecule has 1 fully saturated rings. The highest BCUT2D eigenvalue weighted by atomic mass is 35.5. The summed E-state index contributed by atoms with van der Waals surface area (Å²) in [7, 11) is 1.82. The number of hydrogen-bond acceptors (Lipinski definition) is 6. The van der Waals surface area contributed by atoms with Crippen molar-refractivity contribution in [3.8, 4) is 17.5 Å². The van der Waals surface area contributed by atoms with Crippen LogP contribution in [0, 0.1) is 17.2 Å². The van der Waals surface area contributed by atoms with E-state index in [4.69, 9.17) is 16.9 Å². The average Bonchev–Trinajstić information content (AvgIpc) is 3.32. The first-order valence-electron chi connectivity index (χ1n) is 9.87. The summed E-state index contributed by atoms with van der Waals surface area (Å²) in [5, 5.41) is 17.5. The van der Waals surface area contributed by atoms with Crippen LogP contribution in [0.3, 0.4) is 0 Å². The standard InChI is InChI=1S/C21H17ClN8O2/c1-29-16-4-12(22)2-3-13(16)18(28-29)15-7-25-20-19(27-15)14(6-24-20)21(32)26-8-17(31)30-9-11(5-23)10-30/h2-4,6-7,11H,8-10H2,1H3,(H,24,25)(H,26,32). The minimum absolute atomic E-state index is 0.129. The fourth-order valence-corrected chi connectivity index (χ4v) is 3.89. The third kappa shape index (κ3) is 3.33. The van der Waals surface area contributed by atoms with Gasteiger partial charge < -0.3 is 15.2 Å². The minimum Gasteiger partial charge on any atom is -0.344 e. The van der Waals surface area contributed by atoms with Crippen molar-refractivity contribution in [2.24, 2.45) is 13.0 Å². The molecule has 4 heterocycles. The number of nitriles is 1. The molecular weight excluding hydrogens is 432 g/mol. The van der Waals surface area contributed by atoms with Gasteiger partial charge in [0.15, 0.2) is 5.65 Å². The Morgan fingerprint density at radius 3 is 2.97 bits per heavy atom. The zero-order valence-electron chi connectivity index (χ0n) is 17.0. The third-order valence-electron chi connectivity index (χ3n) is 5.50. The number of aromatic amines is 1. The first kappa shape index (κ1) is 20.0. The van der Waals surface area contributed by atoms with Crippen molar-refractivity contribution in [2.75, 3.05) is 19.6 Å². The van der Waals surface area contributed by atoms with Gasteiger partial charge in [-0.15, -0.1) is 0 Å². The lowest BCUT2D eigenvalue weighted by molar-refractivity contribution is -0.135. The summed E-state index contributed by atoms with van der Waals surface area (Å²) in [4.78, 5) is 38.4. The highest BCUT2D eigenvalue weighted by Crippen LogP contribution is 2.29. The summed E-state index contributed by atoms with van der Waals surface area (Å²) in [5.41, 5.74) is 3.11. The topological polar surface area (TPSA) is 133 Å². The van der Waals surface area contributed by atoms with Crippen LogP contribution in [0.4, 0.5) is 0 Å². The smallest absolute Gasteiger partial charge is 0.255 e. The predicted molar refractivity (Wildman–Crippen MR) is 117 cm³/mol. The summed E-state index contributed by atoms with van der Waals surface area (Å²) in [6.45, 7) is 0.648. The highest BCUT2D eigenvalue weighted by molar-refractivity contribution is 6.31. The molecule has 10 nitrogen and oxygen atoms in total. The van der Waals surface area contributed by atoms with E-state index >= 15 is 0 Å². The van der Waals surface area contributed by atoms with E-state index in [1.807, 2.05) is 19.2 Å². The van der Waals surface area contributed by atoms with Crippen molar-refractivity contribution in [3.63, 3.8) is 0 Å². The van der Waals surface area contributed by atoms with E-state index in [9.17, 15) is 9.59 Å². The van der Waals surface area contributed by atoms with E-state index in [0.717, 1.165) is 10.9 Å². The third-order valence-corrected chi connectivity index (χ3v) is 5.73. The Morgan fingerprint density at radius 1 is 1.38 bits per heavy atom. The molecule has 1 aliphatic rings. The minimum atomic E-state index is -0.439. The zero-order valence-corrected chi connectivity index (χ0v) is 17.7. The Bertz CT molecular complexity index is 1430. The maximum Gasteiger partial charge on any atom is 0.255 e. The van der Waals surface area contributed by atoms with E-state index in [-0.39, 0.29) is 23.9 Å². The van der Waals surface area contributed by atoms with E-state index in [1.165, 1.54) is 6.20 Å². The highest BCUT2D eigenvalue weighted by Gasteiger charge is 2.30. The second-order valence-corrected chi connectivity index (χ2v) is 8.03. The monoisotopic (exact) mass is 448 g/mol. The second-order valence-electron chi connectivity index (χ2n) is 7.60. The predicted octanol–water partition coefficient (Wildman–Crippen LogP) is 1.88. The molecule has 2 N–H and O–H groups in total. The number of H-pyrrole nitrogens is 1. The first-order valence-corrected chi connectivity index (χ1v) is 10.2. The number of nitrogens with one attached hydrogen (secondary N) is 2. The lowest BCUT2D eigenvalue weighted by atomic mass is 10.0. The number of amides is 2. The maximum atomic E-state index is 12.7. The molecule has 1 aromatic carbocycles. The molecule has 32 heavy (non-hydrogen) atoms. The SMILES string of the molecule is Cn1nc(-c2cnc3[nH]cc(C(=O)NCC(=O)N4CC(C#N)C4)c3n2)c2ccc(Cl)cc21. The Kier molecular flexibility index (Phi) is 4.75. The van der Waals surface area contributed by atoms with Crippen LogP contribution < -0.4 is 5.32 Å². The number of nitrogens with zero attached hydrogens (tertiary/aromatic N) is 6. The van der Waals surface area contributed by atoms with Crippen molar-refractivity contribution in [3.05, 3.63) is 41.2 Å². The summed E-state index contributed by atoms with van der Waals surface area (Å²) < 4.78 is 1.71. The average molecular weight is 449 g/mol. The van der Waals surface area contributed by atoms with Crippen molar-refractivity contribution in [1.82, 2.24) is 34.9 Å². The zero-order chi connectivity index (χ0) is 22.4. The van der Waals surface area contributed by atoms with Crippen LogP contribution in [0.2, 0.25) is 5.02 Å². The van der Waals surface area contributed by atoms with E-state index in [0.29, 0.717) is 40.7 Å². The van der Waals surface area contributed by atoms with Crippen molar-refractivity contribution < 1.29 is 9.59 Å². The van der Waals surface area contributed by atoms with Gasteiger partial charge in [0.2, 0.25) is 5.91 Å². The number of benzene rings is 1. The van der Waals surface area contributed by atoms with Gasteiger partial charge in [-0.2, -0.15) is 10.4 Å². The van der Waals surface area contributed by atoms with Crippen LogP contribution in [0.5, 0.6) is 0 Å². The number of likely N-dealkylation sites (tertiary alicyclic amines) is 1. The van der Waals surface area contributed by atoms with Crippen LogP contribution in [0.15, 0.2) is 30.6 Å². The lowest BCUT2D eigenvalue weighted by Crippen LogP contribution is -2.52. The molecule has 1 aliphatic heterocycles. The first-order chi connectivity index (χ1) is 15.4. The van der Waals surface area contributed by atoms with Crippen molar-refractivity contribution in [2.45, 2.75) is 0 Å². The van der Waals surface area contributed by atoms with Crippen molar-refractivity contribution >= 4 is 45.5 Å². The lowest BCUT2D eigenvalue weighted by Gasteiger charge is -2.35. The maximum absolute atomic E-state index is 12.7. The Morgan fingerprint density at radius 2 is 2.19 bits per heavy atom. The number of fused-ring (bicyclic) bond motifs is 2. The molecule has 0 radical (unpaired) electrons. The Balaban J connectivity index is 1.40. The van der Waals surface area contributed by atoms with Gasteiger partial charge in [0, 0.05) is 36.7 Å². The molecule has 11 heteroatoms. The van der Waals surface area contributed by atoms with Crippen LogP contribution in [0.25, 0.3) is 33.5 Å². The van der Waals surface area contributed by atoms with Crippen molar-refractivity contribution in [1.29, 1.82) is 5.26 Å². The summed E-state index contributed by atoms with van der Waals surface area (Å²) >= 11 is 6.11. The summed E-state index contributed by atoms with van der Waals surface area (Å²) in [6, 6.07) is 7.59. The normalized spacial score (nSPS) is 13.8. The molecular formula is C21H17ClN8O2. The number of aromatic nitrogens is 5. The molecule has 4 aromatic rings. The fourth-order valence-electron chi connectivity index (χ4n) is 3.73. The molecule has 0 saturated carbocycles. The van der Waals surface area contributed by atoms with Gasteiger partial charge in [-0.3, -0.25) is 14.3 Å². The van der Waals surface area contributed by atoms with Gasteiger partial charge in [-0.1, -0.05) is 11.6 Å². The second kappa shape index (κ2) is 7.62. The molecule has 0 aliphatic carbocycles. The summed E-state index contributed by atoms with van der Waals surface area (Å²) in [5.74, 6) is -0.795. The summed E-state index contributed by atoms with van der Waals surface area (Å²) in [6.07, 6.45) is 3.11. The molecule has 0 unspecified atom stereocenters. The van der Waals surface area contributed by atoms with E-state index < -0.39 is 5.91 Å². The van der Waals surface area contributed by atoms with Gasteiger partial charge in [0.1, 0.15) is 16.9 Å².